The first-order chi connectivity index (χ1) is 16.4. The van der Waals surface area contributed by atoms with Crippen molar-refractivity contribution >= 4 is 34.8 Å². The molecule has 34 heavy (non-hydrogen) atoms. The minimum Gasteiger partial charge on any atom is -0.444 e. The van der Waals surface area contributed by atoms with Crippen LogP contribution in [0.2, 0.25) is 0 Å². The standard InChI is InChI=1S/C26H28N4O3S/c1-26(2,3)33-24(31)28-22(16-19-17-27-21-14-8-7-13-20(19)21)23-29-30-25(32-23)34-15-9-12-18-10-5-4-6-11-18/h4-14,17,22,27H,15-16H2,1-3H3,(H,28,31)/t22-/m0/s1. The lowest BCUT2D eigenvalue weighted by atomic mass is 10.1. The Kier molecular flexibility index (Phi) is 7.37. The minimum absolute atomic E-state index is 0.339. The molecule has 0 bridgehead atoms. The number of hydrogen-bond donors (Lipinski definition) is 2. The van der Waals surface area contributed by atoms with Gasteiger partial charge in [-0.1, -0.05) is 72.4 Å². The monoisotopic (exact) mass is 476 g/mol. The highest BCUT2D eigenvalue weighted by Crippen LogP contribution is 2.26. The van der Waals surface area contributed by atoms with Gasteiger partial charge < -0.3 is 19.5 Å². The Labute approximate surface area is 203 Å². The van der Waals surface area contributed by atoms with Crippen LogP contribution in [0, 0.1) is 0 Å². The van der Waals surface area contributed by atoms with Gasteiger partial charge in [0.25, 0.3) is 5.22 Å². The van der Waals surface area contributed by atoms with Crippen LogP contribution in [0.4, 0.5) is 4.79 Å². The van der Waals surface area contributed by atoms with Crippen molar-refractivity contribution in [2.45, 2.75) is 44.1 Å². The summed E-state index contributed by atoms with van der Waals surface area (Å²) in [7, 11) is 0. The molecule has 2 aromatic carbocycles. The predicted molar refractivity (Wildman–Crippen MR) is 135 cm³/mol. The summed E-state index contributed by atoms with van der Waals surface area (Å²) in [5, 5.41) is 12.8. The van der Waals surface area contributed by atoms with Gasteiger partial charge in [0, 0.05) is 29.3 Å². The van der Waals surface area contributed by atoms with E-state index >= 15 is 0 Å². The fourth-order valence-electron chi connectivity index (χ4n) is 3.46. The molecule has 8 heteroatoms. The van der Waals surface area contributed by atoms with Gasteiger partial charge in [0.05, 0.1) is 0 Å². The van der Waals surface area contributed by atoms with Gasteiger partial charge in [-0.3, -0.25) is 0 Å². The molecule has 0 aliphatic heterocycles. The largest absolute Gasteiger partial charge is 0.444 e. The van der Waals surface area contributed by atoms with Gasteiger partial charge in [-0.2, -0.15) is 0 Å². The third kappa shape index (κ3) is 6.51. The number of nitrogens with one attached hydrogen (secondary N) is 2. The lowest BCUT2D eigenvalue weighted by Gasteiger charge is -2.22. The number of benzene rings is 2. The molecule has 2 N–H and O–H groups in total. The third-order valence-electron chi connectivity index (χ3n) is 4.92. The molecule has 0 saturated carbocycles. The Morgan fingerprint density at radius 3 is 2.71 bits per heavy atom. The maximum atomic E-state index is 12.5. The second kappa shape index (κ2) is 10.6. The number of nitrogens with zero attached hydrogens (tertiary/aromatic N) is 2. The zero-order chi connectivity index (χ0) is 24.0. The number of rotatable bonds is 8. The number of ether oxygens (including phenoxy) is 1. The van der Waals surface area contributed by atoms with Crippen LogP contribution in [0.1, 0.15) is 43.8 Å². The van der Waals surface area contributed by atoms with Gasteiger partial charge in [-0.15, -0.1) is 10.2 Å². The number of carbonyl (C=O) groups excluding carboxylic acids is 1. The van der Waals surface area contributed by atoms with Crippen LogP contribution in [-0.4, -0.2) is 32.6 Å². The zero-order valence-electron chi connectivity index (χ0n) is 19.4. The summed E-state index contributed by atoms with van der Waals surface area (Å²) in [6.07, 6.45) is 5.98. The number of fused-ring (bicyclic) bond motifs is 1. The van der Waals surface area contributed by atoms with Crippen LogP contribution in [0.3, 0.4) is 0 Å². The van der Waals surface area contributed by atoms with Gasteiger partial charge in [0.15, 0.2) is 0 Å². The first kappa shape index (κ1) is 23.6. The van der Waals surface area contributed by atoms with Crippen LogP contribution >= 0.6 is 11.8 Å². The van der Waals surface area contributed by atoms with Crippen molar-refractivity contribution in [3.8, 4) is 0 Å². The first-order valence-electron chi connectivity index (χ1n) is 11.1. The van der Waals surface area contributed by atoms with Crippen LogP contribution in [0.15, 0.2) is 76.5 Å². The molecule has 1 atom stereocenters. The summed E-state index contributed by atoms with van der Waals surface area (Å²) in [5.74, 6) is 1.02. The molecule has 1 amide bonds. The van der Waals surface area contributed by atoms with Crippen LogP contribution < -0.4 is 5.32 Å². The molecule has 4 aromatic rings. The summed E-state index contributed by atoms with van der Waals surface area (Å²) < 4.78 is 11.4. The maximum absolute atomic E-state index is 12.5. The van der Waals surface area contributed by atoms with Crippen LogP contribution in [0.5, 0.6) is 0 Å². The van der Waals surface area contributed by atoms with Crippen molar-refractivity contribution in [2.75, 3.05) is 5.75 Å². The molecule has 176 valence electrons. The Morgan fingerprint density at radius 2 is 1.91 bits per heavy atom. The summed E-state index contributed by atoms with van der Waals surface area (Å²) in [4.78, 5) is 15.8. The Hall–Kier alpha value is -3.52. The maximum Gasteiger partial charge on any atom is 0.408 e. The highest BCUT2D eigenvalue weighted by atomic mass is 32.2. The van der Waals surface area contributed by atoms with Gasteiger partial charge in [0.1, 0.15) is 11.6 Å². The van der Waals surface area contributed by atoms with E-state index in [2.05, 4.69) is 20.5 Å². The molecular weight excluding hydrogens is 448 g/mol. The SMILES string of the molecule is CC(C)(C)OC(=O)N[C@@H](Cc1c[nH]c2ccccc12)c1nnc(SCC=Cc2ccccc2)o1. The van der Waals surface area contributed by atoms with Gasteiger partial charge in [-0.25, -0.2) is 4.79 Å². The molecule has 2 aromatic heterocycles. The Balaban J connectivity index is 1.47. The van der Waals surface area contributed by atoms with Crippen molar-refractivity contribution in [3.05, 3.63) is 83.9 Å². The third-order valence-corrected chi connectivity index (χ3v) is 5.69. The van der Waals surface area contributed by atoms with E-state index in [0.717, 1.165) is 22.0 Å². The lowest BCUT2D eigenvalue weighted by Crippen LogP contribution is -2.36. The molecule has 0 radical (unpaired) electrons. The number of carbonyl (C=O) groups is 1. The molecular formula is C26H28N4O3S. The Bertz CT molecular complexity index is 1260. The number of H-pyrrole nitrogens is 1. The lowest BCUT2D eigenvalue weighted by molar-refractivity contribution is 0.0494. The second-order valence-electron chi connectivity index (χ2n) is 8.79. The molecule has 2 heterocycles. The molecule has 0 unspecified atom stereocenters. The van der Waals surface area contributed by atoms with Crippen LogP contribution in [-0.2, 0) is 11.2 Å². The first-order valence-corrected chi connectivity index (χ1v) is 12.1. The quantitative estimate of drug-likeness (QED) is 0.296. The van der Waals surface area contributed by atoms with Crippen molar-refractivity contribution in [2.24, 2.45) is 0 Å². The second-order valence-corrected chi connectivity index (χ2v) is 9.76. The van der Waals surface area contributed by atoms with E-state index in [1.165, 1.54) is 11.8 Å². The molecule has 0 saturated heterocycles. The topological polar surface area (TPSA) is 93.0 Å². The van der Waals surface area contributed by atoms with Crippen molar-refractivity contribution < 1.29 is 13.9 Å². The summed E-state index contributed by atoms with van der Waals surface area (Å²) in [6.45, 7) is 5.48. The average molecular weight is 477 g/mol. The Morgan fingerprint density at radius 1 is 1.15 bits per heavy atom. The zero-order valence-corrected chi connectivity index (χ0v) is 20.3. The van der Waals surface area contributed by atoms with Gasteiger partial charge in [-0.05, 0) is 38.0 Å². The van der Waals surface area contributed by atoms with Crippen LogP contribution in [0.25, 0.3) is 17.0 Å². The highest BCUT2D eigenvalue weighted by Gasteiger charge is 2.26. The van der Waals surface area contributed by atoms with E-state index < -0.39 is 17.7 Å². The fourth-order valence-corrected chi connectivity index (χ4v) is 4.04. The summed E-state index contributed by atoms with van der Waals surface area (Å²) >= 11 is 1.44. The number of para-hydroxylation sites is 1. The van der Waals surface area contributed by atoms with Gasteiger partial charge in [0.2, 0.25) is 5.89 Å². The molecule has 4 rings (SSSR count). The number of aromatic nitrogens is 3. The molecule has 7 nitrogen and oxygen atoms in total. The van der Waals surface area contributed by atoms with E-state index in [1.54, 1.807) is 0 Å². The number of alkyl carbamates (subject to hydrolysis) is 1. The summed E-state index contributed by atoms with van der Waals surface area (Å²) in [5.41, 5.74) is 2.58. The smallest absolute Gasteiger partial charge is 0.408 e. The van der Waals surface area contributed by atoms with E-state index in [0.29, 0.717) is 23.3 Å². The highest BCUT2D eigenvalue weighted by molar-refractivity contribution is 7.99. The number of aromatic amines is 1. The molecule has 0 aliphatic carbocycles. The average Bonchev–Trinajstić information content (AvgIpc) is 3.43. The van der Waals surface area contributed by atoms with Crippen molar-refractivity contribution in [1.82, 2.24) is 20.5 Å². The number of thioether (sulfide) groups is 1. The van der Waals surface area contributed by atoms with E-state index in [-0.39, 0.29) is 0 Å². The fraction of sp³-hybridized carbons (Fsp3) is 0.269. The predicted octanol–water partition coefficient (Wildman–Crippen LogP) is 6.16. The van der Waals surface area contributed by atoms with E-state index in [4.69, 9.17) is 9.15 Å². The van der Waals surface area contributed by atoms with Crippen molar-refractivity contribution in [3.63, 3.8) is 0 Å². The molecule has 0 fully saturated rings. The summed E-state index contributed by atoms with van der Waals surface area (Å²) in [6, 6.07) is 17.6. The van der Waals surface area contributed by atoms with E-state index in [9.17, 15) is 4.79 Å². The number of amides is 1. The van der Waals surface area contributed by atoms with E-state index in [1.807, 2.05) is 93.7 Å². The van der Waals surface area contributed by atoms with Crippen molar-refractivity contribution in [1.29, 1.82) is 0 Å². The minimum atomic E-state index is -0.615. The number of hydrogen-bond acceptors (Lipinski definition) is 6. The van der Waals surface area contributed by atoms with Gasteiger partial charge >= 0.3 is 6.09 Å². The normalized spacial score (nSPS) is 12.8. The molecule has 0 spiro atoms. The molecule has 0 aliphatic rings.